The van der Waals surface area contributed by atoms with E-state index in [4.69, 9.17) is 11.5 Å². The number of phenolic OH excluding ortho intramolecular Hbond substituents is 1. The highest BCUT2D eigenvalue weighted by Crippen LogP contribution is 2.19. The van der Waals surface area contributed by atoms with Crippen LogP contribution in [0.1, 0.15) is 23.1 Å². The van der Waals surface area contributed by atoms with Crippen molar-refractivity contribution in [2.45, 2.75) is 49.9 Å². The number of rotatable bonds is 15. The van der Waals surface area contributed by atoms with Gasteiger partial charge in [-0.3, -0.25) is 19.2 Å². The molecular weight excluding hydrogens is 592 g/mol. The number of hydrogen-bond acceptors (Lipinski definition) is 7. The summed E-state index contributed by atoms with van der Waals surface area (Å²) in [5.74, 6) is -4.54. The predicted octanol–water partition coefficient (Wildman–Crippen LogP) is 0.643. The number of primary amides is 1. The highest BCUT2D eigenvalue weighted by Gasteiger charge is 2.32. The summed E-state index contributed by atoms with van der Waals surface area (Å²) >= 11 is 0. The second-order valence-electron chi connectivity index (χ2n) is 10.9. The molecule has 3 aromatic carbocycles. The number of aliphatic carboxylic acids is 1. The fraction of sp³-hybridized carbons (Fsp3) is 0.242. The number of aromatic amines is 1. The standard InChI is InChI=1S/C33H36N6O7/c34-24(14-20-10-12-22(40)13-11-20)30(42)37-27(17-29(35)41)32(44)38-26(16-21-18-36-25-9-5-4-8-23(21)25)31(43)39-28(33(45)46)15-19-6-2-1-3-7-19/h1-13,18,24,26-28,36,40H,14-17,34H2,(H2,35,41)(H,37,42)(H,38,44)(H,39,43)(H,45,46). The van der Waals surface area contributed by atoms with Gasteiger partial charge in [0.25, 0.3) is 0 Å². The Morgan fingerprint density at radius 3 is 1.96 bits per heavy atom. The number of carbonyl (C=O) groups excluding carboxylic acids is 4. The van der Waals surface area contributed by atoms with Crippen molar-refractivity contribution in [1.82, 2.24) is 20.9 Å². The van der Waals surface area contributed by atoms with Crippen molar-refractivity contribution in [1.29, 1.82) is 0 Å². The van der Waals surface area contributed by atoms with Gasteiger partial charge < -0.3 is 42.6 Å². The molecule has 240 valence electrons. The lowest BCUT2D eigenvalue weighted by Crippen LogP contribution is -2.58. The smallest absolute Gasteiger partial charge is 0.326 e. The molecule has 1 heterocycles. The van der Waals surface area contributed by atoms with Crippen molar-refractivity contribution in [3.63, 3.8) is 0 Å². The van der Waals surface area contributed by atoms with Crippen LogP contribution in [-0.2, 0) is 43.2 Å². The third-order valence-corrected chi connectivity index (χ3v) is 7.40. The van der Waals surface area contributed by atoms with Gasteiger partial charge in [0.15, 0.2) is 0 Å². The Balaban J connectivity index is 1.54. The molecule has 4 amide bonds. The zero-order valence-corrected chi connectivity index (χ0v) is 24.8. The fourth-order valence-corrected chi connectivity index (χ4v) is 4.99. The van der Waals surface area contributed by atoms with Crippen LogP contribution in [0.3, 0.4) is 0 Å². The number of carboxylic acid groups (broad SMARTS) is 1. The highest BCUT2D eigenvalue weighted by atomic mass is 16.4. The van der Waals surface area contributed by atoms with Crippen LogP contribution in [0.2, 0.25) is 0 Å². The first kappa shape index (κ1) is 33.2. The third-order valence-electron chi connectivity index (χ3n) is 7.40. The number of benzene rings is 3. The number of aromatic hydroxyl groups is 1. The molecule has 10 N–H and O–H groups in total. The Bertz CT molecular complexity index is 1690. The summed E-state index contributed by atoms with van der Waals surface area (Å²) in [6, 6.07) is 16.9. The van der Waals surface area contributed by atoms with Crippen molar-refractivity contribution in [2.75, 3.05) is 0 Å². The Labute approximate surface area is 264 Å². The number of hydrogen-bond donors (Lipinski definition) is 8. The molecule has 46 heavy (non-hydrogen) atoms. The SMILES string of the molecule is NC(=O)CC(NC(=O)C(N)Cc1ccc(O)cc1)C(=O)NC(Cc1c[nH]c2ccccc12)C(=O)NC(Cc1ccccc1)C(=O)O. The minimum Gasteiger partial charge on any atom is -0.508 e. The zero-order valence-electron chi connectivity index (χ0n) is 24.8. The first-order chi connectivity index (χ1) is 22.0. The van der Waals surface area contributed by atoms with E-state index in [0.717, 1.165) is 10.9 Å². The lowest BCUT2D eigenvalue weighted by molar-refractivity contribution is -0.142. The second-order valence-corrected chi connectivity index (χ2v) is 10.9. The number of carboxylic acids is 1. The minimum atomic E-state index is -1.48. The highest BCUT2D eigenvalue weighted by molar-refractivity contribution is 5.96. The van der Waals surface area contributed by atoms with E-state index in [-0.39, 0.29) is 25.0 Å². The van der Waals surface area contributed by atoms with Gasteiger partial charge in [0, 0.05) is 29.9 Å². The predicted molar refractivity (Wildman–Crippen MR) is 169 cm³/mol. The molecule has 4 aromatic rings. The Hall–Kier alpha value is -5.69. The second kappa shape index (κ2) is 15.3. The van der Waals surface area contributed by atoms with E-state index in [9.17, 15) is 34.2 Å². The van der Waals surface area contributed by atoms with Crippen LogP contribution in [0.5, 0.6) is 5.75 Å². The van der Waals surface area contributed by atoms with Gasteiger partial charge in [0.1, 0.15) is 23.9 Å². The monoisotopic (exact) mass is 628 g/mol. The van der Waals surface area contributed by atoms with Crippen molar-refractivity contribution in [2.24, 2.45) is 11.5 Å². The molecule has 0 spiro atoms. The molecule has 13 heteroatoms. The van der Waals surface area contributed by atoms with Crippen LogP contribution in [0.15, 0.2) is 85.1 Å². The number of nitrogens with two attached hydrogens (primary N) is 2. The van der Waals surface area contributed by atoms with E-state index in [1.54, 1.807) is 48.7 Å². The van der Waals surface area contributed by atoms with Crippen LogP contribution in [0, 0.1) is 0 Å². The fourth-order valence-electron chi connectivity index (χ4n) is 4.99. The Kier molecular flexibility index (Phi) is 11.1. The van der Waals surface area contributed by atoms with E-state index in [2.05, 4.69) is 20.9 Å². The number of H-pyrrole nitrogens is 1. The van der Waals surface area contributed by atoms with Gasteiger partial charge >= 0.3 is 5.97 Å². The molecule has 0 radical (unpaired) electrons. The number of para-hydroxylation sites is 1. The summed E-state index contributed by atoms with van der Waals surface area (Å²) in [6.45, 7) is 0. The molecule has 0 aliphatic heterocycles. The molecular formula is C33H36N6O7. The van der Waals surface area contributed by atoms with E-state index in [1.165, 1.54) is 12.1 Å². The molecule has 13 nitrogen and oxygen atoms in total. The number of aromatic nitrogens is 1. The van der Waals surface area contributed by atoms with Gasteiger partial charge in [-0.15, -0.1) is 0 Å². The molecule has 4 unspecified atom stereocenters. The third kappa shape index (κ3) is 9.16. The van der Waals surface area contributed by atoms with Gasteiger partial charge in [0.05, 0.1) is 12.5 Å². The summed E-state index contributed by atoms with van der Waals surface area (Å²) in [5, 5.41) is 27.7. The van der Waals surface area contributed by atoms with E-state index >= 15 is 0 Å². The van der Waals surface area contributed by atoms with Crippen LogP contribution >= 0.6 is 0 Å². The molecule has 0 saturated heterocycles. The molecule has 0 bridgehead atoms. The van der Waals surface area contributed by atoms with Crippen molar-refractivity contribution >= 4 is 40.5 Å². The Morgan fingerprint density at radius 1 is 0.696 bits per heavy atom. The van der Waals surface area contributed by atoms with Gasteiger partial charge in [-0.05, 0) is 41.3 Å². The largest absolute Gasteiger partial charge is 0.508 e. The lowest BCUT2D eigenvalue weighted by atomic mass is 10.0. The van der Waals surface area contributed by atoms with E-state index in [1.807, 2.05) is 24.3 Å². The number of fused-ring (bicyclic) bond motifs is 1. The number of phenols is 1. The normalized spacial score (nSPS) is 13.6. The molecule has 1 aromatic heterocycles. The van der Waals surface area contributed by atoms with Crippen LogP contribution in [0.25, 0.3) is 10.9 Å². The molecule has 0 saturated carbocycles. The van der Waals surface area contributed by atoms with Crippen molar-refractivity contribution in [3.8, 4) is 5.75 Å². The van der Waals surface area contributed by atoms with Gasteiger partial charge in [-0.2, -0.15) is 0 Å². The van der Waals surface area contributed by atoms with E-state index < -0.39 is 60.2 Å². The average Bonchev–Trinajstić information content (AvgIpc) is 3.44. The molecule has 0 aliphatic carbocycles. The van der Waals surface area contributed by atoms with Crippen LogP contribution < -0.4 is 27.4 Å². The lowest BCUT2D eigenvalue weighted by Gasteiger charge is -2.25. The summed E-state index contributed by atoms with van der Waals surface area (Å²) in [4.78, 5) is 67.2. The maximum atomic E-state index is 13.6. The summed E-state index contributed by atoms with van der Waals surface area (Å²) in [7, 11) is 0. The first-order valence-corrected chi connectivity index (χ1v) is 14.5. The minimum absolute atomic E-state index is 0.00502. The Morgan fingerprint density at radius 2 is 1.28 bits per heavy atom. The number of carbonyl (C=O) groups is 5. The van der Waals surface area contributed by atoms with Crippen LogP contribution in [-0.4, -0.2) is 69.0 Å². The van der Waals surface area contributed by atoms with Gasteiger partial charge in [-0.1, -0.05) is 60.7 Å². The maximum absolute atomic E-state index is 13.6. The molecule has 0 fully saturated rings. The summed E-state index contributed by atoms with van der Waals surface area (Å²) in [5.41, 5.74) is 14.2. The van der Waals surface area contributed by atoms with Crippen molar-refractivity contribution in [3.05, 3.63) is 102 Å². The topological polar surface area (TPSA) is 230 Å². The maximum Gasteiger partial charge on any atom is 0.326 e. The molecule has 4 atom stereocenters. The van der Waals surface area contributed by atoms with Gasteiger partial charge in [0.2, 0.25) is 23.6 Å². The quantitative estimate of drug-likeness (QED) is 0.0929. The van der Waals surface area contributed by atoms with Crippen LogP contribution in [0.4, 0.5) is 0 Å². The molecule has 0 aliphatic rings. The molecule has 4 rings (SSSR count). The number of nitrogens with one attached hydrogen (secondary N) is 4. The number of amides is 4. The van der Waals surface area contributed by atoms with Gasteiger partial charge in [-0.25, -0.2) is 4.79 Å². The van der Waals surface area contributed by atoms with Crippen molar-refractivity contribution < 1.29 is 34.2 Å². The summed E-state index contributed by atoms with van der Waals surface area (Å²) < 4.78 is 0. The summed E-state index contributed by atoms with van der Waals surface area (Å²) in [6.07, 6.45) is 1.11. The average molecular weight is 629 g/mol. The zero-order chi connectivity index (χ0) is 33.2. The van der Waals surface area contributed by atoms with E-state index in [0.29, 0.717) is 16.7 Å². The first-order valence-electron chi connectivity index (χ1n) is 14.5.